The number of fused-ring (bicyclic) bond motifs is 6. The second-order valence-corrected chi connectivity index (χ2v) is 16.0. The van der Waals surface area contributed by atoms with Crippen LogP contribution in [0.25, 0.3) is 64.5 Å². The lowest BCUT2D eigenvalue weighted by Crippen LogP contribution is -2.39. The fourth-order valence-electron chi connectivity index (χ4n) is 8.80. The largest absolute Gasteiger partial charge is 0.366 e. The van der Waals surface area contributed by atoms with E-state index in [9.17, 15) is 0 Å². The molecule has 1 aliphatic carbocycles. The second-order valence-electron chi connectivity index (χ2n) is 15.0. The molecule has 1 aliphatic heterocycles. The Morgan fingerprint density at radius 1 is 0.536 bits per heavy atom. The maximum atomic E-state index is 3.93. The van der Waals surface area contributed by atoms with Gasteiger partial charge in [-0.3, -0.25) is 5.32 Å². The summed E-state index contributed by atoms with van der Waals surface area (Å²) in [4.78, 5) is 0. The number of aromatic nitrogens is 1. The number of hydrogen-bond acceptors (Lipinski definition) is 3. The van der Waals surface area contributed by atoms with E-state index >= 15 is 0 Å². The van der Waals surface area contributed by atoms with E-state index in [4.69, 9.17) is 0 Å². The highest BCUT2D eigenvalue weighted by molar-refractivity contribution is 7.26. The van der Waals surface area contributed by atoms with Gasteiger partial charge in [0.15, 0.2) is 0 Å². The fraction of sp³-hybridized carbons (Fsp3) is 0.0769. The van der Waals surface area contributed by atoms with Crippen molar-refractivity contribution in [3.63, 3.8) is 0 Å². The molecule has 2 N–H and O–H groups in total. The molecule has 7 aromatic carbocycles. The first-order chi connectivity index (χ1) is 27.7. The Bertz CT molecular complexity index is 3020. The Morgan fingerprint density at radius 3 is 2.16 bits per heavy atom. The summed E-state index contributed by atoms with van der Waals surface area (Å²) >= 11 is 1.88. The van der Waals surface area contributed by atoms with Gasteiger partial charge in [-0.25, -0.2) is 0 Å². The van der Waals surface area contributed by atoms with Gasteiger partial charge < -0.3 is 9.88 Å². The minimum atomic E-state index is -0.0893. The lowest BCUT2D eigenvalue weighted by molar-refractivity contribution is 0.443. The number of allylic oxidation sites excluding steroid dienone is 4. The Hall–Kier alpha value is -6.46. The van der Waals surface area contributed by atoms with Crippen molar-refractivity contribution in [3.05, 3.63) is 216 Å². The Balaban J connectivity index is 0.997. The summed E-state index contributed by atoms with van der Waals surface area (Å²) in [7, 11) is 0. The summed E-state index contributed by atoms with van der Waals surface area (Å²) in [5, 5.41) is 13.0. The van der Waals surface area contributed by atoms with Gasteiger partial charge in [0.05, 0.1) is 27.5 Å². The zero-order chi connectivity index (χ0) is 37.0. The summed E-state index contributed by atoms with van der Waals surface area (Å²) in [6, 6.07) is 60.2. The van der Waals surface area contributed by atoms with Crippen LogP contribution in [0.2, 0.25) is 0 Å². The SMILES string of the molecule is C1=CCC(c2cccc(-c3ccc(C4NC(c5ccc6c7ccccc7n(-c7cccc8c7sc7ccccc78)c6c5)=CC(c5ccccc5)N4)cc3)c2)C=C1. The molecule has 0 amide bonds. The maximum Gasteiger partial charge on any atom is 0.104 e. The average Bonchev–Trinajstić information content (AvgIpc) is 3.83. The second kappa shape index (κ2) is 13.7. The average molecular weight is 738 g/mol. The first kappa shape index (κ1) is 32.9. The molecule has 0 saturated carbocycles. The molecule has 56 heavy (non-hydrogen) atoms. The zero-order valence-electron chi connectivity index (χ0n) is 30.8. The van der Waals surface area contributed by atoms with E-state index in [1.807, 2.05) is 11.3 Å². The van der Waals surface area contributed by atoms with Crippen LogP contribution in [0.3, 0.4) is 0 Å². The van der Waals surface area contributed by atoms with Crippen molar-refractivity contribution >= 4 is 59.0 Å². The van der Waals surface area contributed by atoms with Crippen molar-refractivity contribution in [2.24, 2.45) is 0 Å². The molecular weight excluding hydrogens is 699 g/mol. The number of nitrogens with zero attached hydrogens (tertiary/aromatic N) is 1. The van der Waals surface area contributed by atoms with Crippen LogP contribution in [0.5, 0.6) is 0 Å². The van der Waals surface area contributed by atoms with Gasteiger partial charge in [0.1, 0.15) is 6.17 Å². The highest BCUT2D eigenvalue weighted by atomic mass is 32.1. The molecule has 4 heteroatoms. The van der Waals surface area contributed by atoms with E-state index < -0.39 is 0 Å². The van der Waals surface area contributed by atoms with Crippen LogP contribution in [0.4, 0.5) is 0 Å². The number of para-hydroxylation sites is 1. The van der Waals surface area contributed by atoms with Crippen LogP contribution in [-0.4, -0.2) is 4.57 Å². The van der Waals surface area contributed by atoms with Crippen molar-refractivity contribution in [1.82, 2.24) is 15.2 Å². The van der Waals surface area contributed by atoms with Crippen molar-refractivity contribution in [2.45, 2.75) is 24.5 Å². The molecule has 9 aromatic rings. The maximum absolute atomic E-state index is 3.93. The summed E-state index contributed by atoms with van der Waals surface area (Å²) < 4.78 is 5.10. The van der Waals surface area contributed by atoms with Crippen LogP contribution in [0.1, 0.15) is 46.8 Å². The van der Waals surface area contributed by atoms with E-state index in [1.54, 1.807) is 0 Å². The van der Waals surface area contributed by atoms with Gasteiger partial charge in [-0.1, -0.05) is 164 Å². The summed E-state index contributed by atoms with van der Waals surface area (Å²) in [6.07, 6.45) is 12.2. The van der Waals surface area contributed by atoms with Crippen molar-refractivity contribution in [3.8, 4) is 16.8 Å². The molecule has 0 saturated heterocycles. The van der Waals surface area contributed by atoms with E-state index in [0.29, 0.717) is 5.92 Å². The first-order valence-corrected chi connectivity index (χ1v) is 20.3. The summed E-state index contributed by atoms with van der Waals surface area (Å²) in [5.41, 5.74) is 12.2. The molecule has 11 rings (SSSR count). The molecule has 268 valence electrons. The molecule has 3 unspecified atom stereocenters. The number of rotatable bonds is 6. The van der Waals surface area contributed by atoms with Crippen LogP contribution < -0.4 is 10.6 Å². The minimum Gasteiger partial charge on any atom is -0.366 e. The van der Waals surface area contributed by atoms with E-state index in [-0.39, 0.29) is 12.2 Å². The topological polar surface area (TPSA) is 29.0 Å². The normalized spacial score (nSPS) is 18.1. The molecule has 2 aromatic heterocycles. The van der Waals surface area contributed by atoms with Crippen molar-refractivity contribution in [2.75, 3.05) is 0 Å². The molecule has 2 aliphatic rings. The highest BCUT2D eigenvalue weighted by Crippen LogP contribution is 2.42. The van der Waals surface area contributed by atoms with Crippen LogP contribution in [0.15, 0.2) is 194 Å². The van der Waals surface area contributed by atoms with E-state index in [0.717, 1.165) is 17.7 Å². The van der Waals surface area contributed by atoms with Gasteiger partial charge in [0.25, 0.3) is 0 Å². The third-order valence-electron chi connectivity index (χ3n) is 11.6. The molecule has 3 heterocycles. The molecule has 0 spiro atoms. The third kappa shape index (κ3) is 5.69. The lowest BCUT2D eigenvalue weighted by atomic mass is 9.90. The highest BCUT2D eigenvalue weighted by Gasteiger charge is 2.25. The Kier molecular flexibility index (Phi) is 8.05. The Labute approximate surface area is 330 Å². The smallest absolute Gasteiger partial charge is 0.104 e. The van der Waals surface area contributed by atoms with Gasteiger partial charge in [-0.15, -0.1) is 11.3 Å². The standard InChI is InChI=1S/C52H39N3S/c1-3-13-34(14-4-1)38-17-11-18-39(31-38)35-25-27-37(28-26-35)52-53-45(36-15-5-2-6-16-36)33-46(54-52)40-29-30-42-41-19-7-9-22-47(41)55(49(42)32-40)48-23-12-21-44-43-20-8-10-24-50(43)56-51(44)48/h1-13,15-34,45,52-54H,14H2. The van der Waals surface area contributed by atoms with E-state index in [2.05, 4.69) is 209 Å². The molecule has 3 atom stereocenters. The van der Waals surface area contributed by atoms with Gasteiger partial charge in [0.2, 0.25) is 0 Å². The summed E-state index contributed by atoms with van der Waals surface area (Å²) in [5.74, 6) is 0.431. The van der Waals surface area contributed by atoms with Gasteiger partial charge in [-0.05, 0) is 70.1 Å². The molecule has 3 nitrogen and oxygen atoms in total. The van der Waals surface area contributed by atoms with Crippen molar-refractivity contribution < 1.29 is 0 Å². The van der Waals surface area contributed by atoms with Crippen LogP contribution in [-0.2, 0) is 0 Å². The number of hydrogen-bond donors (Lipinski definition) is 2. The monoisotopic (exact) mass is 737 g/mol. The predicted molar refractivity (Wildman–Crippen MR) is 237 cm³/mol. The predicted octanol–water partition coefficient (Wildman–Crippen LogP) is 13.4. The fourth-order valence-corrected chi connectivity index (χ4v) is 10.0. The zero-order valence-corrected chi connectivity index (χ0v) is 31.6. The van der Waals surface area contributed by atoms with Crippen LogP contribution in [0, 0.1) is 0 Å². The molecule has 0 radical (unpaired) electrons. The minimum absolute atomic E-state index is 0.0280. The first-order valence-electron chi connectivity index (χ1n) is 19.5. The summed E-state index contributed by atoms with van der Waals surface area (Å²) in [6.45, 7) is 0. The van der Waals surface area contributed by atoms with E-state index in [1.165, 1.54) is 75.5 Å². The lowest BCUT2D eigenvalue weighted by Gasteiger charge is -2.33. The molecular formula is C52H39N3S. The van der Waals surface area contributed by atoms with Crippen molar-refractivity contribution in [1.29, 1.82) is 0 Å². The molecule has 0 fully saturated rings. The van der Waals surface area contributed by atoms with Gasteiger partial charge in [0, 0.05) is 37.9 Å². The number of nitrogens with one attached hydrogen (secondary N) is 2. The number of thiophene rings is 1. The van der Waals surface area contributed by atoms with Gasteiger partial charge >= 0.3 is 0 Å². The number of benzene rings is 7. The van der Waals surface area contributed by atoms with Crippen LogP contribution >= 0.6 is 11.3 Å². The van der Waals surface area contributed by atoms with Gasteiger partial charge in [-0.2, -0.15) is 0 Å². The quantitative estimate of drug-likeness (QED) is 0.178. The Morgan fingerprint density at radius 2 is 1.29 bits per heavy atom. The third-order valence-corrected chi connectivity index (χ3v) is 12.8. The molecule has 0 bridgehead atoms.